The lowest BCUT2D eigenvalue weighted by molar-refractivity contribution is -0.121. The molecule has 144 valence electrons. The standard InChI is InChI=1S/C19H31N5O2/c1-6-14-9-8-10-15(11-14)23-16(25)12-21-18(20-7-2)22-13-17(26)24-19(3,4)5/h8-11H,6-7,12-13H2,1-5H3,(H,23,25)(H,24,26)(H2,20,21,22). The Bertz CT molecular complexity index is 635. The molecule has 0 heterocycles. The van der Waals surface area contributed by atoms with E-state index < -0.39 is 0 Å². The Morgan fingerprint density at radius 3 is 2.42 bits per heavy atom. The molecule has 7 nitrogen and oxygen atoms in total. The Kier molecular flexibility index (Phi) is 8.61. The van der Waals surface area contributed by atoms with Gasteiger partial charge in [-0.15, -0.1) is 0 Å². The second-order valence-corrected chi connectivity index (χ2v) is 6.95. The Labute approximate surface area is 156 Å². The summed E-state index contributed by atoms with van der Waals surface area (Å²) < 4.78 is 0. The summed E-state index contributed by atoms with van der Waals surface area (Å²) in [5.74, 6) is 0.0764. The third kappa shape index (κ3) is 9.05. The molecule has 0 radical (unpaired) electrons. The first kappa shape index (κ1) is 21.5. The summed E-state index contributed by atoms with van der Waals surface area (Å²) in [5, 5.41) is 11.6. The van der Waals surface area contributed by atoms with Crippen LogP contribution in [0.1, 0.15) is 40.2 Å². The number of aryl methyl sites for hydroxylation is 1. The number of benzene rings is 1. The number of aliphatic imine (C=N–C) groups is 1. The molecule has 1 rings (SSSR count). The minimum absolute atomic E-state index is 0.0351. The number of hydrogen-bond acceptors (Lipinski definition) is 3. The fraction of sp³-hybridized carbons (Fsp3) is 0.526. The summed E-state index contributed by atoms with van der Waals surface area (Å²) in [7, 11) is 0. The minimum atomic E-state index is -0.291. The minimum Gasteiger partial charge on any atom is -0.357 e. The van der Waals surface area contributed by atoms with Crippen molar-refractivity contribution in [1.82, 2.24) is 16.0 Å². The van der Waals surface area contributed by atoms with Crippen molar-refractivity contribution in [3.63, 3.8) is 0 Å². The van der Waals surface area contributed by atoms with Gasteiger partial charge in [-0.3, -0.25) is 9.59 Å². The van der Waals surface area contributed by atoms with E-state index in [0.29, 0.717) is 12.5 Å². The molecule has 0 atom stereocenters. The fourth-order valence-electron chi connectivity index (χ4n) is 2.19. The topological polar surface area (TPSA) is 94.6 Å². The first-order valence-corrected chi connectivity index (χ1v) is 8.95. The highest BCUT2D eigenvalue weighted by atomic mass is 16.2. The van der Waals surface area contributed by atoms with E-state index in [1.807, 2.05) is 52.0 Å². The van der Waals surface area contributed by atoms with Crippen LogP contribution in [0.5, 0.6) is 0 Å². The molecule has 0 spiro atoms. The Hall–Kier alpha value is -2.57. The van der Waals surface area contributed by atoms with Crippen LogP contribution in [0.3, 0.4) is 0 Å². The zero-order chi connectivity index (χ0) is 19.6. The van der Waals surface area contributed by atoms with Gasteiger partial charge >= 0.3 is 0 Å². The Morgan fingerprint density at radius 2 is 1.81 bits per heavy atom. The zero-order valence-corrected chi connectivity index (χ0v) is 16.4. The van der Waals surface area contributed by atoms with Crippen molar-refractivity contribution in [2.24, 2.45) is 4.99 Å². The molecule has 2 amide bonds. The molecule has 0 bridgehead atoms. The summed E-state index contributed by atoms with van der Waals surface area (Å²) in [6, 6.07) is 7.73. The molecule has 0 aromatic heterocycles. The highest BCUT2D eigenvalue weighted by Crippen LogP contribution is 2.10. The molecule has 0 aliphatic rings. The lowest BCUT2D eigenvalue weighted by Gasteiger charge is -2.21. The number of nitrogens with one attached hydrogen (secondary N) is 4. The molecular formula is C19H31N5O2. The van der Waals surface area contributed by atoms with E-state index in [-0.39, 0.29) is 30.4 Å². The number of carbonyl (C=O) groups excluding carboxylic acids is 2. The second-order valence-electron chi connectivity index (χ2n) is 6.95. The maximum absolute atomic E-state index is 12.1. The van der Waals surface area contributed by atoms with E-state index in [4.69, 9.17) is 0 Å². The monoisotopic (exact) mass is 361 g/mol. The van der Waals surface area contributed by atoms with Crippen LogP contribution in [-0.4, -0.2) is 42.9 Å². The van der Waals surface area contributed by atoms with Crippen LogP contribution in [0.25, 0.3) is 0 Å². The smallest absolute Gasteiger partial charge is 0.246 e. The Morgan fingerprint density at radius 1 is 1.08 bits per heavy atom. The molecule has 1 aromatic rings. The van der Waals surface area contributed by atoms with Crippen molar-refractivity contribution in [1.29, 1.82) is 0 Å². The first-order chi connectivity index (χ1) is 12.2. The number of nitrogens with zero attached hydrogens (tertiary/aromatic N) is 1. The molecule has 0 aliphatic carbocycles. The van der Waals surface area contributed by atoms with Gasteiger partial charge in [0.2, 0.25) is 11.8 Å². The van der Waals surface area contributed by atoms with Gasteiger partial charge in [0.1, 0.15) is 6.54 Å². The number of rotatable bonds is 7. The largest absolute Gasteiger partial charge is 0.357 e. The van der Waals surface area contributed by atoms with Gasteiger partial charge < -0.3 is 21.3 Å². The van der Waals surface area contributed by atoms with E-state index >= 15 is 0 Å². The lowest BCUT2D eigenvalue weighted by Crippen LogP contribution is -2.48. The normalized spacial score (nSPS) is 11.7. The predicted molar refractivity (Wildman–Crippen MR) is 106 cm³/mol. The van der Waals surface area contributed by atoms with Crippen LogP contribution in [0.15, 0.2) is 29.3 Å². The van der Waals surface area contributed by atoms with Crippen LogP contribution >= 0.6 is 0 Å². The van der Waals surface area contributed by atoms with E-state index in [9.17, 15) is 9.59 Å². The maximum Gasteiger partial charge on any atom is 0.246 e. The number of hydrogen-bond donors (Lipinski definition) is 4. The van der Waals surface area contributed by atoms with Crippen LogP contribution in [0.2, 0.25) is 0 Å². The Balaban J connectivity index is 2.56. The zero-order valence-electron chi connectivity index (χ0n) is 16.4. The van der Waals surface area contributed by atoms with Gasteiger partial charge in [0.25, 0.3) is 0 Å². The second kappa shape index (κ2) is 10.4. The van der Waals surface area contributed by atoms with Crippen molar-refractivity contribution in [2.45, 2.75) is 46.6 Å². The summed E-state index contributed by atoms with van der Waals surface area (Å²) in [4.78, 5) is 28.2. The lowest BCUT2D eigenvalue weighted by atomic mass is 10.1. The third-order valence-electron chi connectivity index (χ3n) is 3.27. The molecule has 0 saturated heterocycles. The van der Waals surface area contributed by atoms with E-state index in [2.05, 4.69) is 33.2 Å². The molecule has 26 heavy (non-hydrogen) atoms. The highest BCUT2D eigenvalue weighted by Gasteiger charge is 2.13. The SMILES string of the molecule is CCNC(=NCC(=O)Nc1cccc(CC)c1)NCC(=O)NC(C)(C)C. The third-order valence-corrected chi connectivity index (χ3v) is 3.27. The first-order valence-electron chi connectivity index (χ1n) is 8.95. The van der Waals surface area contributed by atoms with Crippen molar-refractivity contribution < 1.29 is 9.59 Å². The average molecular weight is 361 g/mol. The van der Waals surface area contributed by atoms with Gasteiger partial charge in [0.15, 0.2) is 5.96 Å². The molecule has 7 heteroatoms. The molecule has 4 N–H and O–H groups in total. The predicted octanol–water partition coefficient (Wildman–Crippen LogP) is 1.66. The summed E-state index contributed by atoms with van der Waals surface area (Å²) in [6.07, 6.45) is 0.910. The van der Waals surface area contributed by atoms with Crippen molar-refractivity contribution >= 4 is 23.5 Å². The quantitative estimate of drug-likeness (QED) is 0.439. The van der Waals surface area contributed by atoms with E-state index in [1.165, 1.54) is 0 Å². The van der Waals surface area contributed by atoms with Crippen molar-refractivity contribution in [2.75, 3.05) is 25.0 Å². The van der Waals surface area contributed by atoms with Gasteiger partial charge in [-0.25, -0.2) is 4.99 Å². The van der Waals surface area contributed by atoms with Gasteiger partial charge in [0.05, 0.1) is 6.54 Å². The fourth-order valence-corrected chi connectivity index (χ4v) is 2.19. The van der Waals surface area contributed by atoms with Gasteiger partial charge in [0, 0.05) is 17.8 Å². The van der Waals surface area contributed by atoms with Crippen molar-refractivity contribution in [3.8, 4) is 0 Å². The summed E-state index contributed by atoms with van der Waals surface area (Å²) in [5.41, 5.74) is 1.62. The van der Waals surface area contributed by atoms with Gasteiger partial charge in [-0.2, -0.15) is 0 Å². The van der Waals surface area contributed by atoms with Crippen LogP contribution in [0.4, 0.5) is 5.69 Å². The van der Waals surface area contributed by atoms with E-state index in [0.717, 1.165) is 17.7 Å². The number of guanidine groups is 1. The molecule has 0 aliphatic heterocycles. The molecule has 0 fully saturated rings. The number of carbonyl (C=O) groups is 2. The highest BCUT2D eigenvalue weighted by molar-refractivity contribution is 5.94. The molecule has 0 unspecified atom stereocenters. The van der Waals surface area contributed by atoms with E-state index in [1.54, 1.807) is 0 Å². The van der Waals surface area contributed by atoms with Gasteiger partial charge in [-0.1, -0.05) is 19.1 Å². The summed E-state index contributed by atoms with van der Waals surface area (Å²) in [6.45, 7) is 10.4. The summed E-state index contributed by atoms with van der Waals surface area (Å²) >= 11 is 0. The number of amides is 2. The van der Waals surface area contributed by atoms with Crippen LogP contribution in [-0.2, 0) is 16.0 Å². The van der Waals surface area contributed by atoms with Crippen LogP contribution < -0.4 is 21.3 Å². The van der Waals surface area contributed by atoms with Crippen LogP contribution in [0, 0.1) is 0 Å². The molecule has 0 saturated carbocycles. The van der Waals surface area contributed by atoms with Gasteiger partial charge in [-0.05, 0) is 51.8 Å². The average Bonchev–Trinajstić information content (AvgIpc) is 2.56. The number of anilines is 1. The molecule has 1 aromatic carbocycles. The maximum atomic E-state index is 12.1. The van der Waals surface area contributed by atoms with Crippen molar-refractivity contribution in [3.05, 3.63) is 29.8 Å². The molecular weight excluding hydrogens is 330 g/mol.